The molecule has 0 aliphatic carbocycles. The van der Waals surface area contributed by atoms with Crippen molar-refractivity contribution in [2.45, 2.75) is 6.42 Å². The molecule has 0 aliphatic heterocycles. The number of rotatable bonds is 6. The summed E-state index contributed by atoms with van der Waals surface area (Å²) in [6, 6.07) is 10.1. The van der Waals surface area contributed by atoms with Gasteiger partial charge in [-0.2, -0.15) is 0 Å². The van der Waals surface area contributed by atoms with Crippen LogP contribution in [0, 0.1) is 5.82 Å². The Kier molecular flexibility index (Phi) is 4.87. The van der Waals surface area contributed by atoms with Crippen LogP contribution >= 0.6 is 0 Å². The zero-order valence-electron chi connectivity index (χ0n) is 12.2. The highest BCUT2D eigenvalue weighted by Gasteiger charge is 2.05. The highest BCUT2D eigenvalue weighted by atomic mass is 19.1. The molecule has 0 atom stereocenters. The molecule has 2 aromatic rings. The number of nitrogens with two attached hydrogens (primary N) is 1. The summed E-state index contributed by atoms with van der Waals surface area (Å²) < 4.78 is 23.4. The van der Waals surface area contributed by atoms with E-state index in [-0.39, 0.29) is 5.82 Å². The van der Waals surface area contributed by atoms with Crippen molar-refractivity contribution in [3.63, 3.8) is 0 Å². The molecule has 0 saturated carbocycles. The van der Waals surface area contributed by atoms with Crippen molar-refractivity contribution in [1.29, 1.82) is 0 Å². The predicted octanol–water partition coefficient (Wildman–Crippen LogP) is 3.08. The molecule has 0 bridgehead atoms. The maximum absolute atomic E-state index is 13.0. The van der Waals surface area contributed by atoms with E-state index in [0.29, 0.717) is 23.7 Å². The van der Waals surface area contributed by atoms with E-state index in [1.54, 1.807) is 20.3 Å². The van der Waals surface area contributed by atoms with Crippen LogP contribution in [0.25, 0.3) is 0 Å². The first-order valence-corrected chi connectivity index (χ1v) is 6.64. The van der Waals surface area contributed by atoms with Gasteiger partial charge in [0, 0.05) is 6.54 Å². The maximum Gasteiger partial charge on any atom is 0.160 e. The van der Waals surface area contributed by atoms with Crippen molar-refractivity contribution >= 4 is 11.4 Å². The minimum absolute atomic E-state index is 0.335. The SMILES string of the molecule is COc1ccc(CCNc2ccc(F)cc2N)cc1OC. The van der Waals surface area contributed by atoms with Crippen LogP contribution in [-0.2, 0) is 6.42 Å². The van der Waals surface area contributed by atoms with Gasteiger partial charge in [-0.15, -0.1) is 0 Å². The normalized spacial score (nSPS) is 10.2. The fourth-order valence-electron chi connectivity index (χ4n) is 2.07. The Morgan fingerprint density at radius 2 is 1.81 bits per heavy atom. The first-order valence-electron chi connectivity index (χ1n) is 6.64. The molecule has 4 nitrogen and oxygen atoms in total. The fraction of sp³-hybridized carbons (Fsp3) is 0.250. The first-order chi connectivity index (χ1) is 10.1. The fourth-order valence-corrected chi connectivity index (χ4v) is 2.07. The number of methoxy groups -OCH3 is 2. The van der Waals surface area contributed by atoms with Gasteiger partial charge in [-0.25, -0.2) is 4.39 Å². The van der Waals surface area contributed by atoms with Crippen LogP contribution in [0.2, 0.25) is 0 Å². The van der Waals surface area contributed by atoms with Gasteiger partial charge in [-0.05, 0) is 42.3 Å². The molecule has 0 heterocycles. The van der Waals surface area contributed by atoms with Crippen LogP contribution in [0.3, 0.4) is 0 Å². The second-order valence-electron chi connectivity index (χ2n) is 4.60. The topological polar surface area (TPSA) is 56.5 Å². The van der Waals surface area contributed by atoms with Gasteiger partial charge in [0.2, 0.25) is 0 Å². The molecule has 0 unspecified atom stereocenters. The van der Waals surface area contributed by atoms with Crippen LogP contribution in [-0.4, -0.2) is 20.8 Å². The number of anilines is 2. The van der Waals surface area contributed by atoms with E-state index in [9.17, 15) is 4.39 Å². The molecular formula is C16H19FN2O2. The molecule has 0 amide bonds. The van der Waals surface area contributed by atoms with Crippen molar-refractivity contribution in [3.05, 3.63) is 47.8 Å². The van der Waals surface area contributed by atoms with Gasteiger partial charge in [-0.3, -0.25) is 0 Å². The molecule has 21 heavy (non-hydrogen) atoms. The zero-order valence-corrected chi connectivity index (χ0v) is 12.2. The lowest BCUT2D eigenvalue weighted by molar-refractivity contribution is 0.354. The van der Waals surface area contributed by atoms with Crippen molar-refractivity contribution < 1.29 is 13.9 Å². The predicted molar refractivity (Wildman–Crippen MR) is 82.6 cm³/mol. The lowest BCUT2D eigenvalue weighted by atomic mass is 10.1. The molecule has 0 fully saturated rings. The molecule has 112 valence electrons. The van der Waals surface area contributed by atoms with Gasteiger partial charge in [0.05, 0.1) is 25.6 Å². The molecule has 0 aromatic heterocycles. The Morgan fingerprint density at radius 3 is 2.48 bits per heavy atom. The zero-order chi connectivity index (χ0) is 15.2. The number of hydrogen-bond donors (Lipinski definition) is 2. The van der Waals surface area contributed by atoms with Crippen LogP contribution in [0.4, 0.5) is 15.8 Å². The quantitative estimate of drug-likeness (QED) is 0.803. The van der Waals surface area contributed by atoms with E-state index in [0.717, 1.165) is 17.7 Å². The lowest BCUT2D eigenvalue weighted by Crippen LogP contribution is -2.07. The standard InChI is InChI=1S/C16H19FN2O2/c1-20-15-6-3-11(9-16(15)21-2)7-8-19-14-5-4-12(17)10-13(14)18/h3-6,9-10,19H,7-8,18H2,1-2H3. The summed E-state index contributed by atoms with van der Waals surface area (Å²) in [6.45, 7) is 0.686. The van der Waals surface area contributed by atoms with E-state index in [1.807, 2.05) is 18.2 Å². The van der Waals surface area contributed by atoms with Crippen LogP contribution in [0.15, 0.2) is 36.4 Å². The Bertz CT molecular complexity index is 617. The van der Waals surface area contributed by atoms with Gasteiger partial charge >= 0.3 is 0 Å². The molecule has 3 N–H and O–H groups in total. The molecular weight excluding hydrogens is 271 g/mol. The number of hydrogen-bond acceptors (Lipinski definition) is 4. The Labute approximate surface area is 123 Å². The van der Waals surface area contributed by atoms with E-state index in [1.165, 1.54) is 12.1 Å². The van der Waals surface area contributed by atoms with Gasteiger partial charge in [0.1, 0.15) is 5.82 Å². The second kappa shape index (κ2) is 6.83. The minimum Gasteiger partial charge on any atom is -0.493 e. The number of halogens is 1. The molecule has 0 aliphatic rings. The summed E-state index contributed by atoms with van der Waals surface area (Å²) in [5.41, 5.74) is 8.00. The molecule has 2 rings (SSSR count). The lowest BCUT2D eigenvalue weighted by Gasteiger charge is -2.11. The van der Waals surface area contributed by atoms with E-state index >= 15 is 0 Å². The number of benzene rings is 2. The Balaban J connectivity index is 1.97. The first kappa shape index (κ1) is 15.0. The molecule has 0 spiro atoms. The third-order valence-electron chi connectivity index (χ3n) is 3.19. The summed E-state index contributed by atoms with van der Waals surface area (Å²) in [4.78, 5) is 0. The van der Waals surface area contributed by atoms with Crippen LogP contribution in [0.1, 0.15) is 5.56 Å². The van der Waals surface area contributed by atoms with E-state index in [4.69, 9.17) is 15.2 Å². The van der Waals surface area contributed by atoms with Crippen molar-refractivity contribution in [1.82, 2.24) is 0 Å². The second-order valence-corrected chi connectivity index (χ2v) is 4.60. The minimum atomic E-state index is -0.335. The van der Waals surface area contributed by atoms with Crippen LogP contribution < -0.4 is 20.5 Å². The largest absolute Gasteiger partial charge is 0.493 e. The van der Waals surface area contributed by atoms with Crippen molar-refractivity contribution in [2.24, 2.45) is 0 Å². The number of nitrogen functional groups attached to an aromatic ring is 1. The van der Waals surface area contributed by atoms with Gasteiger partial charge in [0.25, 0.3) is 0 Å². The van der Waals surface area contributed by atoms with E-state index in [2.05, 4.69) is 5.32 Å². The van der Waals surface area contributed by atoms with Gasteiger partial charge in [-0.1, -0.05) is 6.07 Å². The highest BCUT2D eigenvalue weighted by Crippen LogP contribution is 2.27. The van der Waals surface area contributed by atoms with Gasteiger partial charge in [0.15, 0.2) is 11.5 Å². The Hall–Kier alpha value is -2.43. The van der Waals surface area contributed by atoms with E-state index < -0.39 is 0 Å². The summed E-state index contributed by atoms with van der Waals surface area (Å²) >= 11 is 0. The number of nitrogens with one attached hydrogen (secondary N) is 1. The smallest absolute Gasteiger partial charge is 0.160 e. The summed E-state index contributed by atoms with van der Waals surface area (Å²) in [7, 11) is 3.22. The average Bonchev–Trinajstić information content (AvgIpc) is 2.49. The molecule has 0 saturated heterocycles. The third kappa shape index (κ3) is 3.78. The molecule has 0 radical (unpaired) electrons. The van der Waals surface area contributed by atoms with Gasteiger partial charge < -0.3 is 20.5 Å². The third-order valence-corrected chi connectivity index (χ3v) is 3.19. The molecule has 2 aromatic carbocycles. The Morgan fingerprint density at radius 1 is 1.05 bits per heavy atom. The monoisotopic (exact) mass is 290 g/mol. The maximum atomic E-state index is 13.0. The highest BCUT2D eigenvalue weighted by molar-refractivity contribution is 5.65. The summed E-state index contributed by atoms with van der Waals surface area (Å²) in [5.74, 6) is 1.08. The van der Waals surface area contributed by atoms with Crippen molar-refractivity contribution in [2.75, 3.05) is 31.8 Å². The molecule has 5 heteroatoms. The summed E-state index contributed by atoms with van der Waals surface area (Å²) in [5, 5.41) is 3.19. The number of ether oxygens (including phenoxy) is 2. The van der Waals surface area contributed by atoms with Crippen molar-refractivity contribution in [3.8, 4) is 11.5 Å². The van der Waals surface area contributed by atoms with Crippen LogP contribution in [0.5, 0.6) is 11.5 Å². The average molecular weight is 290 g/mol. The summed E-state index contributed by atoms with van der Waals surface area (Å²) in [6.07, 6.45) is 0.789.